The highest BCUT2D eigenvalue weighted by Gasteiger charge is 2.41. The van der Waals surface area contributed by atoms with Gasteiger partial charge in [-0.15, -0.1) is 0 Å². The molecule has 27 heavy (non-hydrogen) atoms. The smallest absolute Gasteiger partial charge is 0.407 e. The Hall–Kier alpha value is -2.15. The first-order valence-electron chi connectivity index (χ1n) is 9.73. The maximum Gasteiger partial charge on any atom is 0.407 e. The van der Waals surface area contributed by atoms with Crippen LogP contribution in [0.3, 0.4) is 0 Å². The molecule has 0 spiro atoms. The molecule has 3 aliphatic heterocycles. The highest BCUT2D eigenvalue weighted by Crippen LogP contribution is 2.36. The second kappa shape index (κ2) is 7.11. The molecular weight excluding hydrogens is 349 g/mol. The van der Waals surface area contributed by atoms with Crippen molar-refractivity contribution in [3.05, 3.63) is 35.1 Å². The van der Waals surface area contributed by atoms with Gasteiger partial charge in [0.1, 0.15) is 5.82 Å². The van der Waals surface area contributed by atoms with Gasteiger partial charge in [0.05, 0.1) is 6.04 Å². The predicted octanol–water partition coefficient (Wildman–Crippen LogP) is 2.62. The second-order valence-corrected chi connectivity index (χ2v) is 7.95. The molecule has 0 saturated carbocycles. The van der Waals surface area contributed by atoms with Crippen molar-refractivity contribution in [2.45, 2.75) is 50.7 Å². The van der Waals surface area contributed by atoms with E-state index in [2.05, 4.69) is 4.90 Å². The van der Waals surface area contributed by atoms with Crippen molar-refractivity contribution < 1.29 is 19.1 Å². The minimum Gasteiger partial charge on any atom is -0.465 e. The average molecular weight is 375 g/mol. The Morgan fingerprint density at radius 2 is 2.00 bits per heavy atom. The Labute approximate surface area is 158 Å². The topological polar surface area (TPSA) is 64.1 Å². The molecule has 1 aromatic carbocycles. The van der Waals surface area contributed by atoms with Gasteiger partial charge >= 0.3 is 6.09 Å². The molecule has 3 aliphatic rings. The first-order valence-corrected chi connectivity index (χ1v) is 9.73. The lowest BCUT2D eigenvalue weighted by atomic mass is 9.88. The number of nitrogens with zero attached hydrogens (tertiary/aromatic N) is 3. The summed E-state index contributed by atoms with van der Waals surface area (Å²) in [7, 11) is 0. The van der Waals surface area contributed by atoms with E-state index in [-0.39, 0.29) is 23.8 Å². The molecular formula is C20H26FN3O3. The summed E-state index contributed by atoms with van der Waals surface area (Å²) in [6.45, 7) is 4.80. The van der Waals surface area contributed by atoms with Gasteiger partial charge < -0.3 is 14.9 Å². The van der Waals surface area contributed by atoms with Crippen LogP contribution in [0.25, 0.3) is 0 Å². The summed E-state index contributed by atoms with van der Waals surface area (Å²) in [5.74, 6) is -0.0346. The lowest BCUT2D eigenvalue weighted by molar-refractivity contribution is -0.131. The van der Waals surface area contributed by atoms with Gasteiger partial charge in [-0.1, -0.05) is 6.07 Å². The van der Waals surface area contributed by atoms with Crippen molar-refractivity contribution in [3.8, 4) is 0 Å². The van der Waals surface area contributed by atoms with Crippen molar-refractivity contribution in [1.29, 1.82) is 0 Å². The van der Waals surface area contributed by atoms with Crippen LogP contribution in [0.5, 0.6) is 0 Å². The lowest BCUT2D eigenvalue weighted by Crippen LogP contribution is -2.57. The van der Waals surface area contributed by atoms with Crippen LogP contribution in [0.15, 0.2) is 18.2 Å². The zero-order valence-electron chi connectivity index (χ0n) is 15.6. The molecule has 0 bridgehead atoms. The summed E-state index contributed by atoms with van der Waals surface area (Å²) in [6, 6.07) is 4.94. The monoisotopic (exact) mass is 375 g/mol. The van der Waals surface area contributed by atoms with Gasteiger partial charge in [0, 0.05) is 44.7 Å². The molecule has 3 heterocycles. The van der Waals surface area contributed by atoms with Crippen molar-refractivity contribution >= 4 is 12.0 Å². The molecule has 3 fully saturated rings. The molecule has 6 nitrogen and oxygen atoms in total. The van der Waals surface area contributed by atoms with Crippen LogP contribution in [0.4, 0.5) is 9.18 Å². The SMILES string of the molecule is Cc1cc(F)ccc1C1CC(N2CCN3C(=O)CCC3C2)CCN1C(=O)O. The highest BCUT2D eigenvalue weighted by atomic mass is 19.1. The first-order chi connectivity index (χ1) is 12.9. The average Bonchev–Trinajstić information content (AvgIpc) is 3.01. The number of piperazine rings is 1. The van der Waals surface area contributed by atoms with E-state index in [0.717, 1.165) is 43.6 Å². The third-order valence-corrected chi connectivity index (χ3v) is 6.45. The van der Waals surface area contributed by atoms with Gasteiger partial charge in [0.15, 0.2) is 0 Å². The molecule has 0 radical (unpaired) electrons. The summed E-state index contributed by atoms with van der Waals surface area (Å²) in [4.78, 5) is 29.6. The van der Waals surface area contributed by atoms with E-state index in [0.29, 0.717) is 25.4 Å². The van der Waals surface area contributed by atoms with Gasteiger partial charge in [-0.2, -0.15) is 0 Å². The van der Waals surface area contributed by atoms with E-state index < -0.39 is 6.09 Å². The molecule has 1 N–H and O–H groups in total. The Bertz CT molecular complexity index is 756. The van der Waals surface area contributed by atoms with Crippen LogP contribution in [0.2, 0.25) is 0 Å². The number of benzene rings is 1. The molecule has 2 amide bonds. The number of amides is 2. The summed E-state index contributed by atoms with van der Waals surface area (Å²) in [6.07, 6.45) is 2.15. The third kappa shape index (κ3) is 3.40. The zero-order valence-corrected chi connectivity index (χ0v) is 15.6. The Morgan fingerprint density at radius 3 is 2.74 bits per heavy atom. The zero-order chi connectivity index (χ0) is 19.1. The number of likely N-dealkylation sites (tertiary alicyclic amines) is 1. The molecule has 0 aromatic heterocycles. The molecule has 1 aromatic rings. The second-order valence-electron chi connectivity index (χ2n) is 7.95. The number of fused-ring (bicyclic) bond motifs is 1. The van der Waals surface area contributed by atoms with E-state index >= 15 is 0 Å². The molecule has 3 atom stereocenters. The van der Waals surface area contributed by atoms with Crippen LogP contribution >= 0.6 is 0 Å². The summed E-state index contributed by atoms with van der Waals surface area (Å²) < 4.78 is 13.5. The van der Waals surface area contributed by atoms with Crippen LogP contribution in [-0.4, -0.2) is 70.1 Å². The number of rotatable bonds is 2. The van der Waals surface area contributed by atoms with Crippen LogP contribution in [0.1, 0.15) is 42.9 Å². The highest BCUT2D eigenvalue weighted by molar-refractivity contribution is 5.79. The van der Waals surface area contributed by atoms with Crippen LogP contribution < -0.4 is 0 Å². The maximum atomic E-state index is 13.5. The largest absolute Gasteiger partial charge is 0.465 e. The van der Waals surface area contributed by atoms with Gasteiger partial charge in [-0.25, -0.2) is 9.18 Å². The number of hydrogen-bond donors (Lipinski definition) is 1. The predicted molar refractivity (Wildman–Crippen MR) is 97.9 cm³/mol. The van der Waals surface area contributed by atoms with Crippen LogP contribution in [-0.2, 0) is 4.79 Å². The fourth-order valence-corrected chi connectivity index (χ4v) is 5.04. The van der Waals surface area contributed by atoms with Crippen molar-refractivity contribution in [2.24, 2.45) is 0 Å². The number of carboxylic acid groups (broad SMARTS) is 1. The van der Waals surface area contributed by atoms with Gasteiger partial charge in [-0.05, 0) is 49.4 Å². The number of aryl methyl sites for hydroxylation is 1. The standard InChI is InChI=1S/C20H26FN3O3/c1-13-10-14(21)2-4-17(13)18-11-15(6-7-24(18)20(26)27)22-8-9-23-16(12-22)3-5-19(23)25/h2,4,10,15-16,18H,3,5-9,11-12H2,1H3,(H,26,27). The Morgan fingerprint density at radius 1 is 1.19 bits per heavy atom. The van der Waals surface area contributed by atoms with Gasteiger partial charge in [-0.3, -0.25) is 9.69 Å². The van der Waals surface area contributed by atoms with Crippen molar-refractivity contribution in [1.82, 2.24) is 14.7 Å². The Kier molecular flexibility index (Phi) is 4.80. The fraction of sp³-hybridized carbons (Fsp3) is 0.600. The Balaban J connectivity index is 1.53. The quantitative estimate of drug-likeness (QED) is 0.863. The van der Waals surface area contributed by atoms with E-state index in [1.54, 1.807) is 6.07 Å². The van der Waals surface area contributed by atoms with Gasteiger partial charge in [0.2, 0.25) is 5.91 Å². The van der Waals surface area contributed by atoms with E-state index in [4.69, 9.17) is 0 Å². The van der Waals surface area contributed by atoms with Crippen molar-refractivity contribution in [2.75, 3.05) is 26.2 Å². The summed E-state index contributed by atoms with van der Waals surface area (Å²) in [5.41, 5.74) is 1.68. The normalized spacial score (nSPS) is 29.1. The summed E-state index contributed by atoms with van der Waals surface area (Å²) >= 11 is 0. The summed E-state index contributed by atoms with van der Waals surface area (Å²) in [5, 5.41) is 9.66. The lowest BCUT2D eigenvalue weighted by Gasteiger charge is -2.46. The van der Waals surface area contributed by atoms with E-state index in [9.17, 15) is 19.1 Å². The van der Waals surface area contributed by atoms with Crippen LogP contribution in [0, 0.1) is 12.7 Å². The minimum absolute atomic E-state index is 0.259. The maximum absolute atomic E-state index is 13.5. The van der Waals surface area contributed by atoms with E-state index in [1.807, 2.05) is 11.8 Å². The minimum atomic E-state index is -0.923. The number of piperidine rings is 1. The van der Waals surface area contributed by atoms with E-state index in [1.165, 1.54) is 17.0 Å². The molecule has 7 heteroatoms. The molecule has 3 unspecified atom stereocenters. The van der Waals surface area contributed by atoms with Crippen molar-refractivity contribution in [3.63, 3.8) is 0 Å². The number of halogens is 1. The molecule has 4 rings (SSSR count). The number of carbonyl (C=O) groups excluding carboxylic acids is 1. The molecule has 0 aliphatic carbocycles. The first kappa shape index (κ1) is 18.2. The third-order valence-electron chi connectivity index (χ3n) is 6.45. The van der Waals surface area contributed by atoms with Gasteiger partial charge in [0.25, 0.3) is 0 Å². The number of carbonyl (C=O) groups is 2. The fourth-order valence-electron chi connectivity index (χ4n) is 5.04. The molecule has 146 valence electrons. The number of hydrogen-bond acceptors (Lipinski definition) is 3. The molecule has 3 saturated heterocycles.